The Kier molecular flexibility index (Phi) is 4.70. The summed E-state index contributed by atoms with van der Waals surface area (Å²) in [7, 11) is 0. The van der Waals surface area contributed by atoms with E-state index in [9.17, 15) is 4.79 Å². The fourth-order valence-electron chi connectivity index (χ4n) is 2.68. The number of hydrogen-bond donors (Lipinski definition) is 1. The van der Waals surface area contributed by atoms with Crippen LogP contribution in [0.4, 0.5) is 0 Å². The van der Waals surface area contributed by atoms with Crippen molar-refractivity contribution < 1.29 is 9.53 Å². The predicted molar refractivity (Wildman–Crippen MR) is 84.1 cm³/mol. The number of carbonyl (C=O) groups excluding carboxylic acids is 1. The zero-order valence-electron chi connectivity index (χ0n) is 12.9. The van der Waals surface area contributed by atoms with Gasteiger partial charge in [0.05, 0.1) is 18.9 Å². The molecule has 1 aliphatic rings. The molecule has 118 valence electrons. The highest BCUT2D eigenvalue weighted by atomic mass is 16.5. The summed E-state index contributed by atoms with van der Waals surface area (Å²) in [4.78, 5) is 18.9. The Morgan fingerprint density at radius 3 is 3.05 bits per heavy atom. The molecule has 2 aromatic rings. The van der Waals surface area contributed by atoms with E-state index in [0.717, 1.165) is 50.6 Å². The van der Waals surface area contributed by atoms with Crippen molar-refractivity contribution >= 4 is 11.6 Å². The molecule has 2 aromatic heterocycles. The lowest BCUT2D eigenvalue weighted by molar-refractivity contribution is 0.0374. The molecule has 6 nitrogen and oxygen atoms in total. The summed E-state index contributed by atoms with van der Waals surface area (Å²) in [5, 5.41) is 2.98. The first kappa shape index (κ1) is 15.0. The van der Waals surface area contributed by atoms with Crippen LogP contribution in [-0.4, -0.2) is 59.6 Å². The largest absolute Gasteiger partial charge is 0.379 e. The monoisotopic (exact) mass is 302 g/mol. The molecular weight excluding hydrogens is 280 g/mol. The molecule has 1 amide bonds. The highest BCUT2D eigenvalue weighted by Crippen LogP contribution is 2.08. The smallest absolute Gasteiger partial charge is 0.251 e. The molecule has 0 radical (unpaired) electrons. The molecular formula is C16H22N4O2. The van der Waals surface area contributed by atoms with Gasteiger partial charge in [0.15, 0.2) is 0 Å². The second-order valence-corrected chi connectivity index (χ2v) is 5.63. The lowest BCUT2D eigenvalue weighted by Gasteiger charge is -2.26. The van der Waals surface area contributed by atoms with Crippen LogP contribution in [0.5, 0.6) is 0 Å². The van der Waals surface area contributed by atoms with E-state index in [1.54, 1.807) is 0 Å². The number of nitrogens with one attached hydrogen (secondary N) is 1. The molecule has 3 rings (SSSR count). The van der Waals surface area contributed by atoms with Gasteiger partial charge in [-0.2, -0.15) is 0 Å². The maximum atomic E-state index is 12.2. The molecule has 0 bridgehead atoms. The van der Waals surface area contributed by atoms with E-state index < -0.39 is 0 Å². The van der Waals surface area contributed by atoms with Crippen molar-refractivity contribution in [3.05, 3.63) is 35.8 Å². The number of imidazole rings is 1. The fourth-order valence-corrected chi connectivity index (χ4v) is 2.68. The molecule has 1 N–H and O–H groups in total. The third kappa shape index (κ3) is 3.64. The molecule has 0 unspecified atom stereocenters. The van der Waals surface area contributed by atoms with Crippen LogP contribution in [0.15, 0.2) is 24.5 Å². The zero-order valence-corrected chi connectivity index (χ0v) is 12.9. The molecule has 22 heavy (non-hydrogen) atoms. The van der Waals surface area contributed by atoms with Gasteiger partial charge in [-0.25, -0.2) is 4.98 Å². The second kappa shape index (κ2) is 6.89. The summed E-state index contributed by atoms with van der Waals surface area (Å²) in [6.45, 7) is 7.25. The van der Waals surface area contributed by atoms with Gasteiger partial charge in [-0.1, -0.05) is 0 Å². The zero-order chi connectivity index (χ0) is 15.4. The van der Waals surface area contributed by atoms with Gasteiger partial charge >= 0.3 is 0 Å². The van der Waals surface area contributed by atoms with Crippen LogP contribution in [0, 0.1) is 6.92 Å². The number of fused-ring (bicyclic) bond motifs is 1. The molecule has 0 aromatic carbocycles. The molecule has 1 aliphatic heterocycles. The summed E-state index contributed by atoms with van der Waals surface area (Å²) >= 11 is 0. The number of amides is 1. The number of pyridine rings is 1. The third-order valence-corrected chi connectivity index (χ3v) is 3.88. The molecule has 1 fully saturated rings. The van der Waals surface area contributed by atoms with E-state index in [2.05, 4.69) is 15.2 Å². The van der Waals surface area contributed by atoms with Crippen molar-refractivity contribution in [3.8, 4) is 0 Å². The number of morpholine rings is 1. The van der Waals surface area contributed by atoms with Crippen LogP contribution in [0.1, 0.15) is 22.5 Å². The van der Waals surface area contributed by atoms with Crippen LogP contribution in [0.3, 0.4) is 0 Å². The molecule has 0 saturated carbocycles. The van der Waals surface area contributed by atoms with Crippen LogP contribution < -0.4 is 5.32 Å². The third-order valence-electron chi connectivity index (χ3n) is 3.88. The normalized spacial score (nSPS) is 16.0. The number of hydrogen-bond acceptors (Lipinski definition) is 4. The number of aromatic nitrogens is 2. The van der Waals surface area contributed by atoms with Gasteiger partial charge in [0, 0.05) is 37.6 Å². The summed E-state index contributed by atoms with van der Waals surface area (Å²) in [5.74, 6) is -0.0369. The fraction of sp³-hybridized carbons (Fsp3) is 0.500. The lowest BCUT2D eigenvalue weighted by atomic mass is 10.2. The van der Waals surface area contributed by atoms with Gasteiger partial charge in [-0.15, -0.1) is 0 Å². The Labute approximate surface area is 130 Å². The average Bonchev–Trinajstić information content (AvgIpc) is 2.91. The van der Waals surface area contributed by atoms with Crippen molar-refractivity contribution in [2.45, 2.75) is 13.3 Å². The van der Waals surface area contributed by atoms with Gasteiger partial charge in [0.1, 0.15) is 5.65 Å². The Balaban J connectivity index is 1.48. The lowest BCUT2D eigenvalue weighted by Crippen LogP contribution is -2.38. The van der Waals surface area contributed by atoms with E-state index >= 15 is 0 Å². The highest BCUT2D eigenvalue weighted by Gasteiger charge is 2.10. The van der Waals surface area contributed by atoms with Gasteiger partial charge in [-0.3, -0.25) is 9.69 Å². The number of rotatable bonds is 5. The van der Waals surface area contributed by atoms with Crippen molar-refractivity contribution in [2.24, 2.45) is 0 Å². The number of carbonyl (C=O) groups is 1. The quantitative estimate of drug-likeness (QED) is 0.840. The molecule has 0 aliphatic carbocycles. The first-order valence-corrected chi connectivity index (χ1v) is 7.76. The van der Waals surface area contributed by atoms with Crippen LogP contribution in [0.25, 0.3) is 5.65 Å². The first-order chi connectivity index (χ1) is 10.7. The maximum absolute atomic E-state index is 12.2. The minimum absolute atomic E-state index is 0.0369. The Morgan fingerprint density at radius 2 is 2.23 bits per heavy atom. The molecule has 3 heterocycles. The van der Waals surface area contributed by atoms with Crippen LogP contribution in [0.2, 0.25) is 0 Å². The van der Waals surface area contributed by atoms with E-state index in [-0.39, 0.29) is 5.91 Å². The maximum Gasteiger partial charge on any atom is 0.251 e. The van der Waals surface area contributed by atoms with Crippen molar-refractivity contribution in [1.29, 1.82) is 0 Å². The summed E-state index contributed by atoms with van der Waals surface area (Å²) in [6.07, 6.45) is 4.77. The van der Waals surface area contributed by atoms with Crippen molar-refractivity contribution in [3.63, 3.8) is 0 Å². The van der Waals surface area contributed by atoms with E-state index in [4.69, 9.17) is 4.74 Å². The SMILES string of the molecule is Cc1cn2ccc(C(=O)NCCCN3CCOCC3)cc2n1. The van der Waals surface area contributed by atoms with Gasteiger partial charge < -0.3 is 14.5 Å². The topological polar surface area (TPSA) is 58.9 Å². The second-order valence-electron chi connectivity index (χ2n) is 5.63. The van der Waals surface area contributed by atoms with E-state index in [1.165, 1.54) is 0 Å². The predicted octanol–water partition coefficient (Wildman–Crippen LogP) is 1.09. The first-order valence-electron chi connectivity index (χ1n) is 7.76. The molecule has 0 spiro atoms. The van der Waals surface area contributed by atoms with Crippen molar-refractivity contribution in [2.75, 3.05) is 39.4 Å². The molecule has 1 saturated heterocycles. The van der Waals surface area contributed by atoms with Crippen LogP contribution in [-0.2, 0) is 4.74 Å². The minimum atomic E-state index is -0.0369. The number of aryl methyl sites for hydroxylation is 1. The summed E-state index contributed by atoms with van der Waals surface area (Å²) < 4.78 is 7.24. The van der Waals surface area contributed by atoms with Crippen LogP contribution >= 0.6 is 0 Å². The average molecular weight is 302 g/mol. The minimum Gasteiger partial charge on any atom is -0.379 e. The Hall–Kier alpha value is -1.92. The summed E-state index contributed by atoms with van der Waals surface area (Å²) in [5.41, 5.74) is 2.41. The summed E-state index contributed by atoms with van der Waals surface area (Å²) in [6, 6.07) is 3.65. The standard InChI is InChI=1S/C16H22N4O2/c1-13-12-20-6-3-14(11-15(20)18-13)16(21)17-4-2-5-19-7-9-22-10-8-19/h3,6,11-12H,2,4-5,7-10H2,1H3,(H,17,21). The van der Waals surface area contributed by atoms with Gasteiger partial charge in [-0.05, 0) is 32.0 Å². The highest BCUT2D eigenvalue weighted by molar-refractivity contribution is 5.94. The van der Waals surface area contributed by atoms with Crippen molar-refractivity contribution in [1.82, 2.24) is 19.6 Å². The van der Waals surface area contributed by atoms with Gasteiger partial charge in [0.2, 0.25) is 0 Å². The molecule has 6 heteroatoms. The Morgan fingerprint density at radius 1 is 1.41 bits per heavy atom. The van der Waals surface area contributed by atoms with E-state index in [1.807, 2.05) is 35.9 Å². The number of nitrogens with zero attached hydrogens (tertiary/aromatic N) is 3. The van der Waals surface area contributed by atoms with E-state index in [0.29, 0.717) is 12.1 Å². The molecule has 0 atom stereocenters. The number of ether oxygens (including phenoxy) is 1. The van der Waals surface area contributed by atoms with Gasteiger partial charge in [0.25, 0.3) is 5.91 Å². The Bertz CT molecular complexity index is 647.